The largest absolute Gasteiger partial charge is 0.366 e. The summed E-state index contributed by atoms with van der Waals surface area (Å²) in [7, 11) is 0. The van der Waals surface area contributed by atoms with Crippen molar-refractivity contribution in [3.05, 3.63) is 66.1 Å². The van der Waals surface area contributed by atoms with Crippen LogP contribution in [-0.4, -0.2) is 34.0 Å². The molecule has 1 N–H and O–H groups in total. The first-order valence-corrected chi connectivity index (χ1v) is 9.01. The van der Waals surface area contributed by atoms with Crippen LogP contribution in [0.4, 0.5) is 5.82 Å². The number of aromatic nitrogens is 2. The van der Waals surface area contributed by atoms with Crippen LogP contribution in [0.5, 0.6) is 0 Å². The number of rotatable bonds is 4. The summed E-state index contributed by atoms with van der Waals surface area (Å²) in [5, 5.41) is 6.21. The molecular weight excluding hydrogens is 308 g/mol. The van der Waals surface area contributed by atoms with Gasteiger partial charge in [0.25, 0.3) is 0 Å². The van der Waals surface area contributed by atoms with Crippen LogP contribution in [0, 0.1) is 6.92 Å². The number of fused-ring (bicyclic) bond motifs is 1. The quantitative estimate of drug-likeness (QED) is 0.783. The number of hydrogen-bond donors (Lipinski definition) is 1. The standard InChI is InChI=1S/C21H24N4/c1-16-11-21(23-15-22-16)24-20-7-4-10-25(14-20)13-17-8-9-18-5-2-3-6-19(18)12-17/h2-3,5-6,8-9,11-12,15,20H,4,7,10,13-14H2,1H3,(H,22,23,24). The normalized spacial score (nSPS) is 18.4. The van der Waals surface area contributed by atoms with Gasteiger partial charge in [-0.15, -0.1) is 0 Å². The molecule has 1 saturated heterocycles. The van der Waals surface area contributed by atoms with Gasteiger partial charge in [0.05, 0.1) is 0 Å². The molecule has 1 fully saturated rings. The van der Waals surface area contributed by atoms with Gasteiger partial charge in [-0.25, -0.2) is 9.97 Å². The fourth-order valence-corrected chi connectivity index (χ4v) is 3.65. The third-order valence-electron chi connectivity index (χ3n) is 4.88. The fourth-order valence-electron chi connectivity index (χ4n) is 3.65. The second-order valence-corrected chi connectivity index (χ2v) is 6.94. The van der Waals surface area contributed by atoms with Gasteiger partial charge in [-0.3, -0.25) is 4.90 Å². The second kappa shape index (κ2) is 7.19. The van der Waals surface area contributed by atoms with Crippen LogP contribution in [0.2, 0.25) is 0 Å². The van der Waals surface area contributed by atoms with Gasteiger partial charge in [0.2, 0.25) is 0 Å². The third kappa shape index (κ3) is 3.97. The molecule has 4 heteroatoms. The Bertz CT molecular complexity index is 861. The number of aryl methyl sites for hydroxylation is 1. The monoisotopic (exact) mass is 332 g/mol. The lowest BCUT2D eigenvalue weighted by Crippen LogP contribution is -2.41. The molecule has 1 atom stereocenters. The highest BCUT2D eigenvalue weighted by atomic mass is 15.2. The zero-order chi connectivity index (χ0) is 17.1. The molecule has 0 bridgehead atoms. The first kappa shape index (κ1) is 16.0. The van der Waals surface area contributed by atoms with Gasteiger partial charge in [-0.1, -0.05) is 36.4 Å². The van der Waals surface area contributed by atoms with Gasteiger partial charge < -0.3 is 5.32 Å². The Morgan fingerprint density at radius 1 is 1.08 bits per heavy atom. The molecule has 128 valence electrons. The Hall–Kier alpha value is -2.46. The molecule has 4 nitrogen and oxygen atoms in total. The highest BCUT2D eigenvalue weighted by molar-refractivity contribution is 5.82. The molecule has 1 unspecified atom stereocenters. The van der Waals surface area contributed by atoms with Crippen LogP contribution in [0.25, 0.3) is 10.8 Å². The maximum absolute atomic E-state index is 4.34. The van der Waals surface area contributed by atoms with E-state index in [-0.39, 0.29) is 0 Å². The second-order valence-electron chi connectivity index (χ2n) is 6.94. The number of nitrogens with one attached hydrogen (secondary N) is 1. The molecule has 2 aromatic carbocycles. The van der Waals surface area contributed by atoms with Crippen LogP contribution < -0.4 is 5.32 Å². The molecular formula is C21H24N4. The molecule has 2 heterocycles. The zero-order valence-electron chi connectivity index (χ0n) is 14.7. The van der Waals surface area contributed by atoms with E-state index in [9.17, 15) is 0 Å². The number of nitrogens with zero attached hydrogens (tertiary/aromatic N) is 3. The van der Waals surface area contributed by atoms with E-state index in [1.807, 2.05) is 13.0 Å². The van der Waals surface area contributed by atoms with Crippen molar-refractivity contribution < 1.29 is 0 Å². The van der Waals surface area contributed by atoms with E-state index in [0.29, 0.717) is 6.04 Å². The lowest BCUT2D eigenvalue weighted by molar-refractivity contribution is 0.208. The van der Waals surface area contributed by atoms with Crippen molar-refractivity contribution in [2.75, 3.05) is 18.4 Å². The van der Waals surface area contributed by atoms with Crippen LogP contribution in [0.3, 0.4) is 0 Å². The van der Waals surface area contributed by atoms with Crippen molar-refractivity contribution >= 4 is 16.6 Å². The molecule has 0 saturated carbocycles. The SMILES string of the molecule is Cc1cc(NC2CCCN(Cc3ccc4ccccc4c3)C2)ncn1. The lowest BCUT2D eigenvalue weighted by atomic mass is 10.0. The van der Waals surface area contributed by atoms with Gasteiger partial charge in [0, 0.05) is 30.9 Å². The first-order chi connectivity index (χ1) is 12.3. The minimum absolute atomic E-state index is 0.448. The maximum atomic E-state index is 4.34. The molecule has 1 aliphatic rings. The minimum atomic E-state index is 0.448. The lowest BCUT2D eigenvalue weighted by Gasteiger charge is -2.33. The predicted molar refractivity (Wildman–Crippen MR) is 103 cm³/mol. The Labute approximate surface area is 148 Å². The predicted octanol–water partition coefficient (Wildman–Crippen LogP) is 4.01. The Morgan fingerprint density at radius 2 is 1.96 bits per heavy atom. The summed E-state index contributed by atoms with van der Waals surface area (Å²) in [6.07, 6.45) is 4.04. The number of piperidine rings is 1. The summed E-state index contributed by atoms with van der Waals surface area (Å²) in [6, 6.07) is 17.8. The third-order valence-corrected chi connectivity index (χ3v) is 4.88. The molecule has 0 amide bonds. The van der Waals surface area contributed by atoms with Crippen LogP contribution >= 0.6 is 0 Å². The van der Waals surface area contributed by atoms with Crippen molar-refractivity contribution in [1.82, 2.24) is 14.9 Å². The Kier molecular flexibility index (Phi) is 4.61. The molecule has 0 radical (unpaired) electrons. The zero-order valence-corrected chi connectivity index (χ0v) is 14.7. The smallest absolute Gasteiger partial charge is 0.129 e. The van der Waals surface area contributed by atoms with E-state index in [2.05, 4.69) is 62.6 Å². The van der Waals surface area contributed by atoms with Gasteiger partial charge >= 0.3 is 0 Å². The summed E-state index contributed by atoms with van der Waals surface area (Å²) in [5.74, 6) is 0.935. The Morgan fingerprint density at radius 3 is 2.84 bits per heavy atom. The van der Waals surface area contributed by atoms with Gasteiger partial charge in [-0.2, -0.15) is 0 Å². The van der Waals surface area contributed by atoms with Crippen molar-refractivity contribution in [3.8, 4) is 0 Å². The van der Waals surface area contributed by atoms with Gasteiger partial charge in [0.1, 0.15) is 12.1 Å². The van der Waals surface area contributed by atoms with Crippen molar-refractivity contribution in [2.24, 2.45) is 0 Å². The molecule has 0 aliphatic carbocycles. The van der Waals surface area contributed by atoms with Crippen molar-refractivity contribution in [3.63, 3.8) is 0 Å². The molecule has 25 heavy (non-hydrogen) atoms. The summed E-state index contributed by atoms with van der Waals surface area (Å²) in [5.41, 5.74) is 2.39. The number of anilines is 1. The van der Waals surface area contributed by atoms with E-state index < -0.39 is 0 Å². The average molecular weight is 332 g/mol. The van der Waals surface area contributed by atoms with Crippen LogP contribution in [-0.2, 0) is 6.54 Å². The van der Waals surface area contributed by atoms with E-state index in [1.54, 1.807) is 6.33 Å². The highest BCUT2D eigenvalue weighted by Gasteiger charge is 2.20. The van der Waals surface area contributed by atoms with E-state index in [4.69, 9.17) is 0 Å². The summed E-state index contributed by atoms with van der Waals surface area (Å²) < 4.78 is 0. The first-order valence-electron chi connectivity index (χ1n) is 9.01. The number of hydrogen-bond acceptors (Lipinski definition) is 4. The minimum Gasteiger partial charge on any atom is -0.366 e. The molecule has 4 rings (SSSR count). The van der Waals surface area contributed by atoms with E-state index >= 15 is 0 Å². The fraction of sp³-hybridized carbons (Fsp3) is 0.333. The van der Waals surface area contributed by atoms with Crippen molar-refractivity contribution in [1.29, 1.82) is 0 Å². The summed E-state index contributed by atoms with van der Waals surface area (Å²) >= 11 is 0. The highest BCUT2D eigenvalue weighted by Crippen LogP contribution is 2.20. The summed E-state index contributed by atoms with van der Waals surface area (Å²) in [6.45, 7) is 5.22. The van der Waals surface area contributed by atoms with Gasteiger partial charge in [-0.05, 0) is 48.7 Å². The van der Waals surface area contributed by atoms with E-state index in [0.717, 1.165) is 31.1 Å². The number of benzene rings is 2. The summed E-state index contributed by atoms with van der Waals surface area (Å²) in [4.78, 5) is 11.0. The van der Waals surface area contributed by atoms with Crippen LogP contribution in [0.1, 0.15) is 24.1 Å². The molecule has 0 spiro atoms. The molecule has 3 aromatic rings. The average Bonchev–Trinajstić information content (AvgIpc) is 2.62. The van der Waals surface area contributed by atoms with Gasteiger partial charge in [0.15, 0.2) is 0 Å². The number of likely N-dealkylation sites (tertiary alicyclic amines) is 1. The molecule has 1 aliphatic heterocycles. The van der Waals surface area contributed by atoms with Crippen molar-refractivity contribution in [2.45, 2.75) is 32.4 Å². The van der Waals surface area contributed by atoms with E-state index in [1.165, 1.54) is 29.2 Å². The Balaban J connectivity index is 1.42. The topological polar surface area (TPSA) is 41.0 Å². The molecule has 1 aromatic heterocycles. The van der Waals surface area contributed by atoms with Crippen LogP contribution in [0.15, 0.2) is 54.9 Å². The maximum Gasteiger partial charge on any atom is 0.129 e.